The topological polar surface area (TPSA) is 61.7 Å². The number of hydrazone groups is 1. The predicted octanol–water partition coefficient (Wildman–Crippen LogP) is 2.93. The van der Waals surface area contributed by atoms with Gasteiger partial charge in [-0.15, -0.1) is 0 Å². The highest BCUT2D eigenvalue weighted by Crippen LogP contribution is 2.48. The molecule has 3 rings (SSSR count). The van der Waals surface area contributed by atoms with Gasteiger partial charge in [0.05, 0.1) is 0 Å². The first-order valence-electron chi connectivity index (χ1n) is 7.27. The molecule has 2 aliphatic carbocycles. The lowest BCUT2D eigenvalue weighted by atomic mass is 9.86. The molecule has 2 aliphatic rings. The molecule has 0 radical (unpaired) electrons. The van der Waals surface area contributed by atoms with Gasteiger partial charge in [-0.3, -0.25) is 4.79 Å². The van der Waals surface area contributed by atoms with Gasteiger partial charge in [0.2, 0.25) is 0 Å². The molecule has 2 fully saturated rings. The van der Waals surface area contributed by atoms with E-state index in [0.717, 1.165) is 17.5 Å². The molecule has 1 aromatic carbocycles. The van der Waals surface area contributed by atoms with Crippen LogP contribution in [-0.2, 0) is 0 Å². The van der Waals surface area contributed by atoms with Crippen LogP contribution in [0.1, 0.15) is 43.0 Å². The molecule has 0 saturated heterocycles. The average Bonchev–Trinajstić information content (AvgIpc) is 3.08. The number of benzene rings is 1. The molecule has 1 amide bonds. The predicted molar refractivity (Wildman–Crippen MR) is 77.6 cm³/mol. The van der Waals surface area contributed by atoms with Gasteiger partial charge in [-0.2, -0.15) is 5.10 Å². The number of amides is 1. The summed E-state index contributed by atoms with van der Waals surface area (Å²) in [6.45, 7) is 2.02. The number of nitrogens with zero attached hydrogens (tertiary/aromatic N) is 1. The summed E-state index contributed by atoms with van der Waals surface area (Å²) in [4.78, 5) is 11.9. The van der Waals surface area contributed by atoms with Gasteiger partial charge in [-0.25, -0.2) is 5.43 Å². The van der Waals surface area contributed by atoms with Crippen LogP contribution < -0.4 is 5.43 Å². The lowest BCUT2D eigenvalue weighted by Crippen LogP contribution is -2.24. The Morgan fingerprint density at radius 3 is 2.60 bits per heavy atom. The van der Waals surface area contributed by atoms with E-state index in [2.05, 4.69) is 10.5 Å². The van der Waals surface area contributed by atoms with E-state index < -0.39 is 0 Å². The highest BCUT2D eigenvalue weighted by Gasteiger charge is 2.40. The second kappa shape index (κ2) is 5.27. The maximum Gasteiger partial charge on any atom is 0.271 e. The van der Waals surface area contributed by atoms with Crippen LogP contribution in [0.25, 0.3) is 0 Å². The number of nitrogens with one attached hydrogen (secondary N) is 1. The van der Waals surface area contributed by atoms with E-state index >= 15 is 0 Å². The van der Waals surface area contributed by atoms with Crippen LogP contribution in [0.5, 0.6) is 5.75 Å². The smallest absolute Gasteiger partial charge is 0.271 e. The summed E-state index contributed by atoms with van der Waals surface area (Å²) in [5.41, 5.74) is 4.17. The zero-order valence-electron chi connectivity index (χ0n) is 11.7. The standard InChI is InChI=1S/C16H20N2O2/c1-10(15-9-11-2-3-13(15)8-11)17-18-16(20)12-4-6-14(19)7-5-12/h4-7,11,13,15,19H,2-3,8-9H2,1H3,(H,18,20)/b17-10-/t11-,13+,15+/m0/s1. The van der Waals surface area contributed by atoms with Crippen LogP contribution in [0.3, 0.4) is 0 Å². The van der Waals surface area contributed by atoms with Crippen LogP contribution in [0.2, 0.25) is 0 Å². The fraction of sp³-hybridized carbons (Fsp3) is 0.500. The second-order valence-corrected chi connectivity index (χ2v) is 6.02. The number of carbonyl (C=O) groups excluding carboxylic acids is 1. The van der Waals surface area contributed by atoms with E-state index in [-0.39, 0.29) is 11.7 Å². The summed E-state index contributed by atoms with van der Waals surface area (Å²) >= 11 is 0. The average molecular weight is 272 g/mol. The van der Waals surface area contributed by atoms with Crippen molar-refractivity contribution >= 4 is 11.6 Å². The minimum Gasteiger partial charge on any atom is -0.508 e. The van der Waals surface area contributed by atoms with Crippen LogP contribution in [0.15, 0.2) is 29.4 Å². The van der Waals surface area contributed by atoms with Crippen molar-refractivity contribution in [3.8, 4) is 5.75 Å². The molecule has 0 unspecified atom stereocenters. The Morgan fingerprint density at radius 2 is 2.00 bits per heavy atom. The first-order chi connectivity index (χ1) is 9.63. The van der Waals surface area contributed by atoms with E-state index in [1.165, 1.54) is 37.8 Å². The summed E-state index contributed by atoms with van der Waals surface area (Å²) in [5, 5.41) is 13.5. The van der Waals surface area contributed by atoms with Crippen molar-refractivity contribution in [2.75, 3.05) is 0 Å². The third kappa shape index (κ3) is 2.55. The Labute approximate surface area is 118 Å². The van der Waals surface area contributed by atoms with Crippen LogP contribution >= 0.6 is 0 Å². The van der Waals surface area contributed by atoms with Crippen LogP contribution in [0, 0.1) is 17.8 Å². The van der Waals surface area contributed by atoms with Crippen molar-refractivity contribution in [2.45, 2.75) is 32.6 Å². The first kappa shape index (κ1) is 13.2. The minimum atomic E-state index is -0.229. The lowest BCUT2D eigenvalue weighted by molar-refractivity contribution is 0.0954. The highest BCUT2D eigenvalue weighted by atomic mass is 16.3. The molecule has 4 nitrogen and oxygen atoms in total. The van der Waals surface area contributed by atoms with Crippen LogP contribution in [-0.4, -0.2) is 16.7 Å². The van der Waals surface area contributed by atoms with Gasteiger partial charge in [0.25, 0.3) is 5.91 Å². The van der Waals surface area contributed by atoms with Crippen molar-refractivity contribution in [2.24, 2.45) is 22.9 Å². The Kier molecular flexibility index (Phi) is 3.47. The molecule has 4 heteroatoms. The summed E-state index contributed by atoms with van der Waals surface area (Å²) in [5.74, 6) is 2.13. The monoisotopic (exact) mass is 272 g/mol. The number of aromatic hydroxyl groups is 1. The fourth-order valence-electron chi connectivity index (χ4n) is 3.66. The molecule has 2 bridgehead atoms. The van der Waals surface area contributed by atoms with E-state index in [1.807, 2.05) is 6.92 Å². The van der Waals surface area contributed by atoms with E-state index in [1.54, 1.807) is 12.1 Å². The molecular weight excluding hydrogens is 252 g/mol. The number of carbonyl (C=O) groups is 1. The number of fused-ring (bicyclic) bond motifs is 2. The molecule has 2 N–H and O–H groups in total. The molecule has 0 aromatic heterocycles. The Morgan fingerprint density at radius 1 is 1.25 bits per heavy atom. The normalized spacial score (nSPS) is 28.6. The molecule has 2 saturated carbocycles. The van der Waals surface area contributed by atoms with E-state index in [0.29, 0.717) is 11.5 Å². The number of hydrogen-bond acceptors (Lipinski definition) is 3. The van der Waals surface area contributed by atoms with Crippen molar-refractivity contribution < 1.29 is 9.90 Å². The Bertz CT molecular complexity index is 536. The van der Waals surface area contributed by atoms with E-state index in [4.69, 9.17) is 0 Å². The molecule has 0 heterocycles. The summed E-state index contributed by atoms with van der Waals surface area (Å²) in [6, 6.07) is 6.18. The SMILES string of the molecule is C/C(=N/NC(=O)c1ccc(O)cc1)[C@H]1C[C@H]2CC[C@@H]1C2. The minimum absolute atomic E-state index is 0.156. The highest BCUT2D eigenvalue weighted by molar-refractivity contribution is 5.95. The van der Waals surface area contributed by atoms with Gasteiger partial charge in [-0.05, 0) is 62.3 Å². The molecule has 106 valence electrons. The maximum atomic E-state index is 11.9. The van der Waals surface area contributed by atoms with Gasteiger partial charge >= 0.3 is 0 Å². The van der Waals surface area contributed by atoms with Gasteiger partial charge in [0.15, 0.2) is 0 Å². The number of hydrogen-bond donors (Lipinski definition) is 2. The molecular formula is C16H20N2O2. The van der Waals surface area contributed by atoms with Crippen molar-refractivity contribution in [1.82, 2.24) is 5.43 Å². The second-order valence-electron chi connectivity index (χ2n) is 6.02. The lowest BCUT2D eigenvalue weighted by Gasteiger charge is -2.21. The van der Waals surface area contributed by atoms with Gasteiger partial charge < -0.3 is 5.11 Å². The van der Waals surface area contributed by atoms with Gasteiger partial charge in [0, 0.05) is 17.2 Å². The zero-order valence-corrected chi connectivity index (χ0v) is 11.7. The largest absolute Gasteiger partial charge is 0.508 e. The van der Waals surface area contributed by atoms with Gasteiger partial charge in [-0.1, -0.05) is 6.42 Å². The molecule has 0 spiro atoms. The first-order valence-corrected chi connectivity index (χ1v) is 7.27. The molecule has 0 aliphatic heterocycles. The van der Waals surface area contributed by atoms with Crippen molar-refractivity contribution in [1.29, 1.82) is 0 Å². The fourth-order valence-corrected chi connectivity index (χ4v) is 3.66. The quantitative estimate of drug-likeness (QED) is 0.656. The van der Waals surface area contributed by atoms with Crippen molar-refractivity contribution in [3.63, 3.8) is 0 Å². The van der Waals surface area contributed by atoms with E-state index in [9.17, 15) is 9.90 Å². The number of phenolic OH excluding ortho intramolecular Hbond substituents is 1. The maximum absolute atomic E-state index is 11.9. The number of rotatable bonds is 3. The van der Waals surface area contributed by atoms with Crippen molar-refractivity contribution in [3.05, 3.63) is 29.8 Å². The van der Waals surface area contributed by atoms with Gasteiger partial charge in [0.1, 0.15) is 5.75 Å². The number of phenols is 1. The third-order valence-corrected chi connectivity index (χ3v) is 4.74. The Balaban J connectivity index is 1.61. The van der Waals surface area contributed by atoms with Crippen LogP contribution in [0.4, 0.5) is 0 Å². The molecule has 20 heavy (non-hydrogen) atoms. The molecule has 3 atom stereocenters. The Hall–Kier alpha value is -1.84. The summed E-state index contributed by atoms with van der Waals surface area (Å²) in [6.07, 6.45) is 5.25. The summed E-state index contributed by atoms with van der Waals surface area (Å²) in [7, 11) is 0. The third-order valence-electron chi connectivity index (χ3n) is 4.74. The molecule has 1 aromatic rings. The zero-order chi connectivity index (χ0) is 14.1. The summed E-state index contributed by atoms with van der Waals surface area (Å²) < 4.78 is 0.